The number of fused-ring (bicyclic) bond motifs is 5. The second kappa shape index (κ2) is 8.36. The standard InChI is InChI=1S/C28H50O2/c1-17(2)8-7-9-19(4)20-10-11-21-24-22(13-15-27(20,21)5)28(6)14-12-18(3)16-23(28)25(29)26(24)30/h17-26,29-30H,7-16H2,1-6H3/t18-,19+,20+,21-,22-,23?,24-,25+,26+,27+,28+/m0/s1. The Morgan fingerprint density at radius 1 is 0.800 bits per heavy atom. The van der Waals surface area contributed by atoms with E-state index in [4.69, 9.17) is 0 Å². The van der Waals surface area contributed by atoms with Crippen molar-refractivity contribution in [2.45, 2.75) is 118 Å². The molecule has 0 amide bonds. The normalized spacial score (nSPS) is 51.9. The third kappa shape index (κ3) is 3.60. The van der Waals surface area contributed by atoms with E-state index in [9.17, 15) is 10.2 Å². The van der Waals surface area contributed by atoms with Gasteiger partial charge in [0.2, 0.25) is 0 Å². The first kappa shape index (κ1) is 23.1. The van der Waals surface area contributed by atoms with Gasteiger partial charge in [-0.1, -0.05) is 67.2 Å². The monoisotopic (exact) mass is 418 g/mol. The lowest BCUT2D eigenvalue weighted by Crippen LogP contribution is -2.63. The van der Waals surface area contributed by atoms with Crippen LogP contribution in [-0.4, -0.2) is 22.4 Å². The fraction of sp³-hybridized carbons (Fsp3) is 1.00. The van der Waals surface area contributed by atoms with E-state index in [2.05, 4.69) is 41.5 Å². The molecule has 0 saturated heterocycles. The summed E-state index contributed by atoms with van der Waals surface area (Å²) in [6, 6.07) is 0. The van der Waals surface area contributed by atoms with Gasteiger partial charge in [-0.15, -0.1) is 0 Å². The molecule has 4 aliphatic rings. The van der Waals surface area contributed by atoms with Crippen molar-refractivity contribution in [2.24, 2.45) is 58.2 Å². The molecule has 0 aromatic carbocycles. The van der Waals surface area contributed by atoms with Gasteiger partial charge in [0.25, 0.3) is 0 Å². The molecule has 0 radical (unpaired) electrons. The van der Waals surface area contributed by atoms with Gasteiger partial charge in [0.1, 0.15) is 0 Å². The quantitative estimate of drug-likeness (QED) is 0.522. The molecule has 0 heterocycles. The molecule has 2 N–H and O–H groups in total. The van der Waals surface area contributed by atoms with Gasteiger partial charge in [-0.05, 0) is 96.7 Å². The van der Waals surface area contributed by atoms with Crippen molar-refractivity contribution in [1.29, 1.82) is 0 Å². The van der Waals surface area contributed by atoms with Gasteiger partial charge in [-0.3, -0.25) is 0 Å². The minimum absolute atomic E-state index is 0.234. The fourth-order valence-electron chi connectivity index (χ4n) is 9.48. The highest BCUT2D eigenvalue weighted by Crippen LogP contribution is 2.68. The van der Waals surface area contributed by atoms with Crippen LogP contribution in [0.25, 0.3) is 0 Å². The summed E-state index contributed by atoms with van der Waals surface area (Å²) < 4.78 is 0. The summed E-state index contributed by atoms with van der Waals surface area (Å²) in [6.07, 6.45) is 12.0. The minimum atomic E-state index is -0.510. The fourth-order valence-corrected chi connectivity index (χ4v) is 9.48. The van der Waals surface area contributed by atoms with Crippen LogP contribution in [-0.2, 0) is 0 Å². The highest BCUT2D eigenvalue weighted by molar-refractivity contribution is 5.13. The summed E-state index contributed by atoms with van der Waals surface area (Å²) in [5, 5.41) is 22.7. The average molecular weight is 419 g/mol. The maximum atomic E-state index is 11.5. The van der Waals surface area contributed by atoms with Gasteiger partial charge in [-0.2, -0.15) is 0 Å². The van der Waals surface area contributed by atoms with Crippen molar-refractivity contribution in [3.8, 4) is 0 Å². The van der Waals surface area contributed by atoms with E-state index in [1.807, 2.05) is 0 Å². The molecule has 4 rings (SSSR count). The minimum Gasteiger partial charge on any atom is -0.390 e. The Labute approximate surface area is 186 Å². The van der Waals surface area contributed by atoms with Crippen molar-refractivity contribution >= 4 is 0 Å². The van der Waals surface area contributed by atoms with Crippen LogP contribution in [0.15, 0.2) is 0 Å². The first-order valence-corrected chi connectivity index (χ1v) is 13.5. The molecule has 4 fully saturated rings. The molecule has 0 aromatic heterocycles. The lowest BCUT2D eigenvalue weighted by molar-refractivity contribution is -0.219. The van der Waals surface area contributed by atoms with E-state index in [1.165, 1.54) is 57.8 Å². The van der Waals surface area contributed by atoms with Crippen molar-refractivity contribution < 1.29 is 10.2 Å². The Morgan fingerprint density at radius 2 is 1.47 bits per heavy atom. The highest BCUT2D eigenvalue weighted by atomic mass is 16.3. The van der Waals surface area contributed by atoms with Crippen molar-refractivity contribution in [3.05, 3.63) is 0 Å². The molecule has 4 aliphatic carbocycles. The maximum Gasteiger partial charge on any atom is 0.0835 e. The second-order valence-corrected chi connectivity index (χ2v) is 13.3. The van der Waals surface area contributed by atoms with Gasteiger partial charge < -0.3 is 10.2 Å². The molecular weight excluding hydrogens is 368 g/mol. The number of hydrogen-bond donors (Lipinski definition) is 2. The molecule has 2 nitrogen and oxygen atoms in total. The molecule has 0 aromatic rings. The van der Waals surface area contributed by atoms with E-state index in [0.29, 0.717) is 35.0 Å². The summed E-state index contributed by atoms with van der Waals surface area (Å²) in [4.78, 5) is 0. The Bertz CT molecular complexity index is 601. The Morgan fingerprint density at radius 3 is 2.17 bits per heavy atom. The largest absolute Gasteiger partial charge is 0.390 e. The summed E-state index contributed by atoms with van der Waals surface area (Å²) in [5.74, 6) is 4.94. The van der Waals surface area contributed by atoms with Crippen LogP contribution in [0, 0.1) is 58.2 Å². The van der Waals surface area contributed by atoms with Crippen LogP contribution >= 0.6 is 0 Å². The second-order valence-electron chi connectivity index (χ2n) is 13.3. The van der Waals surface area contributed by atoms with E-state index in [-0.39, 0.29) is 5.41 Å². The Hall–Kier alpha value is -0.0800. The van der Waals surface area contributed by atoms with Crippen molar-refractivity contribution in [2.75, 3.05) is 0 Å². The third-order valence-corrected chi connectivity index (χ3v) is 11.2. The molecule has 0 bridgehead atoms. The summed E-state index contributed by atoms with van der Waals surface area (Å²) >= 11 is 0. The first-order valence-electron chi connectivity index (χ1n) is 13.5. The van der Waals surface area contributed by atoms with E-state index < -0.39 is 12.2 Å². The Balaban J connectivity index is 1.54. The molecule has 0 aliphatic heterocycles. The van der Waals surface area contributed by atoms with Gasteiger partial charge in [0.15, 0.2) is 0 Å². The van der Waals surface area contributed by atoms with Crippen LogP contribution in [0.4, 0.5) is 0 Å². The van der Waals surface area contributed by atoms with Crippen LogP contribution in [0.5, 0.6) is 0 Å². The summed E-state index contributed by atoms with van der Waals surface area (Å²) in [6.45, 7) is 14.6. The van der Waals surface area contributed by atoms with Crippen LogP contribution in [0.1, 0.15) is 106 Å². The highest BCUT2D eigenvalue weighted by Gasteiger charge is 2.64. The van der Waals surface area contributed by atoms with Crippen LogP contribution in [0.3, 0.4) is 0 Å². The first-order chi connectivity index (χ1) is 14.1. The van der Waals surface area contributed by atoms with Gasteiger partial charge in [-0.25, -0.2) is 0 Å². The molecule has 174 valence electrons. The third-order valence-electron chi connectivity index (χ3n) is 11.2. The maximum absolute atomic E-state index is 11.5. The zero-order valence-electron chi connectivity index (χ0n) is 20.7. The average Bonchev–Trinajstić information content (AvgIpc) is 3.04. The molecule has 4 saturated carbocycles. The van der Waals surface area contributed by atoms with E-state index in [0.717, 1.165) is 24.2 Å². The number of hydrogen-bond acceptors (Lipinski definition) is 2. The van der Waals surface area contributed by atoms with E-state index in [1.54, 1.807) is 0 Å². The zero-order valence-corrected chi connectivity index (χ0v) is 20.7. The molecule has 0 spiro atoms. The summed E-state index contributed by atoms with van der Waals surface area (Å²) in [7, 11) is 0. The molecule has 11 atom stereocenters. The Kier molecular flexibility index (Phi) is 6.44. The predicted molar refractivity (Wildman–Crippen MR) is 125 cm³/mol. The predicted octanol–water partition coefficient (Wildman–Crippen LogP) is 6.69. The smallest absolute Gasteiger partial charge is 0.0835 e. The van der Waals surface area contributed by atoms with Gasteiger partial charge >= 0.3 is 0 Å². The van der Waals surface area contributed by atoms with Crippen molar-refractivity contribution in [3.63, 3.8) is 0 Å². The topological polar surface area (TPSA) is 40.5 Å². The molecule has 1 unspecified atom stereocenters. The number of aliphatic hydroxyl groups excluding tert-OH is 2. The molecule has 2 heteroatoms. The van der Waals surface area contributed by atoms with Gasteiger partial charge in [0.05, 0.1) is 12.2 Å². The van der Waals surface area contributed by atoms with Gasteiger partial charge in [0, 0.05) is 0 Å². The van der Waals surface area contributed by atoms with Crippen LogP contribution in [0.2, 0.25) is 0 Å². The molecular formula is C28H50O2. The lowest BCUT2D eigenvalue weighted by atomic mass is 9.42. The number of aliphatic hydroxyl groups is 2. The van der Waals surface area contributed by atoms with Crippen LogP contribution < -0.4 is 0 Å². The number of rotatable bonds is 5. The van der Waals surface area contributed by atoms with Crippen molar-refractivity contribution in [1.82, 2.24) is 0 Å². The SMILES string of the molecule is CC(C)CCC[C@@H](C)[C@H]1CC[C@H]2[C@@H]3[C@@H](O)[C@H](O)C4C[C@@H](C)CC[C@]4(C)[C@H]3CC[C@]12C. The summed E-state index contributed by atoms with van der Waals surface area (Å²) in [5.41, 5.74) is 0.600. The van der Waals surface area contributed by atoms with E-state index >= 15 is 0 Å². The lowest BCUT2D eigenvalue weighted by Gasteiger charge is -2.64. The molecule has 30 heavy (non-hydrogen) atoms. The zero-order chi connectivity index (χ0) is 21.8.